The first-order valence-electron chi connectivity index (χ1n) is 15.0. The summed E-state index contributed by atoms with van der Waals surface area (Å²) in [6.07, 6.45) is 1.84. The first-order chi connectivity index (χ1) is 21.8. The van der Waals surface area contributed by atoms with Crippen molar-refractivity contribution < 1.29 is 0 Å². The summed E-state index contributed by atoms with van der Waals surface area (Å²) in [7, 11) is 0. The number of rotatable bonds is 3. The Kier molecular flexibility index (Phi) is 5.54. The van der Waals surface area contributed by atoms with Crippen molar-refractivity contribution in [2.45, 2.75) is 0 Å². The Morgan fingerprint density at radius 2 is 0.841 bits per heavy atom. The van der Waals surface area contributed by atoms with Crippen LogP contribution in [-0.4, -0.2) is 9.97 Å². The van der Waals surface area contributed by atoms with Gasteiger partial charge in [-0.25, -0.2) is 4.98 Å². The van der Waals surface area contributed by atoms with Crippen molar-refractivity contribution in [3.63, 3.8) is 0 Å². The molecule has 0 aliphatic carbocycles. The van der Waals surface area contributed by atoms with E-state index in [-0.39, 0.29) is 0 Å². The fraction of sp³-hybridized carbons (Fsp3) is 0. The van der Waals surface area contributed by atoms with Gasteiger partial charge in [0.05, 0.1) is 16.7 Å². The first kappa shape index (κ1) is 24.7. The van der Waals surface area contributed by atoms with E-state index < -0.39 is 0 Å². The molecule has 0 amide bonds. The minimum atomic E-state index is 0.938. The zero-order valence-corrected chi connectivity index (χ0v) is 23.9. The molecule has 9 rings (SSSR count). The van der Waals surface area contributed by atoms with Gasteiger partial charge in [-0.15, -0.1) is 0 Å². The smallest absolute Gasteiger partial charge is 0.0972 e. The van der Waals surface area contributed by atoms with Crippen LogP contribution in [0.4, 0.5) is 0 Å². The number of pyridine rings is 2. The molecular weight excluding hydrogens is 532 g/mol. The van der Waals surface area contributed by atoms with Gasteiger partial charge < -0.3 is 0 Å². The normalized spacial score (nSPS) is 11.6. The molecule has 0 bridgehead atoms. The predicted octanol–water partition coefficient (Wildman–Crippen LogP) is 11.2. The van der Waals surface area contributed by atoms with E-state index in [9.17, 15) is 0 Å². The molecule has 0 atom stereocenters. The van der Waals surface area contributed by atoms with Crippen LogP contribution in [0.2, 0.25) is 0 Å². The molecule has 0 unspecified atom stereocenters. The molecule has 0 saturated heterocycles. The first-order valence-corrected chi connectivity index (χ1v) is 15.0. The number of fused-ring (bicyclic) bond motifs is 9. The van der Waals surface area contributed by atoms with Crippen molar-refractivity contribution in [2.24, 2.45) is 0 Å². The standard InChI is InChI=1S/C42H26N2/c1-2-7-27(8-3-1)28-12-14-29(15-13-28)32-18-21-36-37-22-19-33(26-39(37)35-11-5-4-10-34(35)38(36)25-32)40-23-20-31-17-16-30-9-6-24-43-41(30)42(31)44-40/h1-26H. The van der Waals surface area contributed by atoms with Gasteiger partial charge in [0.1, 0.15) is 0 Å². The average Bonchev–Trinajstić information content (AvgIpc) is 3.11. The van der Waals surface area contributed by atoms with E-state index >= 15 is 0 Å². The van der Waals surface area contributed by atoms with Crippen LogP contribution in [0, 0.1) is 0 Å². The van der Waals surface area contributed by atoms with Crippen molar-refractivity contribution in [3.05, 3.63) is 158 Å². The third-order valence-electron chi connectivity index (χ3n) is 8.89. The van der Waals surface area contributed by atoms with Crippen LogP contribution in [0.5, 0.6) is 0 Å². The molecule has 9 aromatic rings. The Bertz CT molecular complexity index is 2510. The van der Waals surface area contributed by atoms with Crippen molar-refractivity contribution in [3.8, 4) is 33.5 Å². The van der Waals surface area contributed by atoms with Gasteiger partial charge in [-0.05, 0) is 78.8 Å². The highest BCUT2D eigenvalue weighted by molar-refractivity contribution is 6.26. The lowest BCUT2D eigenvalue weighted by atomic mass is 9.90. The van der Waals surface area contributed by atoms with Crippen molar-refractivity contribution >= 4 is 54.1 Å². The van der Waals surface area contributed by atoms with Crippen molar-refractivity contribution in [2.75, 3.05) is 0 Å². The van der Waals surface area contributed by atoms with Crippen molar-refractivity contribution in [1.82, 2.24) is 9.97 Å². The molecule has 0 spiro atoms. The highest BCUT2D eigenvalue weighted by atomic mass is 14.7. The van der Waals surface area contributed by atoms with E-state index in [0.29, 0.717) is 0 Å². The van der Waals surface area contributed by atoms with Crippen molar-refractivity contribution in [1.29, 1.82) is 0 Å². The molecule has 204 valence electrons. The molecule has 2 heteroatoms. The second-order valence-electron chi connectivity index (χ2n) is 11.4. The van der Waals surface area contributed by atoms with Gasteiger partial charge >= 0.3 is 0 Å². The van der Waals surface area contributed by atoms with Crippen LogP contribution in [0.15, 0.2) is 158 Å². The van der Waals surface area contributed by atoms with E-state index in [1.165, 1.54) is 54.6 Å². The molecule has 7 aromatic carbocycles. The van der Waals surface area contributed by atoms with E-state index in [1.54, 1.807) is 0 Å². The summed E-state index contributed by atoms with van der Waals surface area (Å²) in [5.74, 6) is 0. The number of hydrogen-bond donors (Lipinski definition) is 0. The Balaban J connectivity index is 1.20. The summed E-state index contributed by atoms with van der Waals surface area (Å²) in [6, 6.07) is 54.5. The molecular formula is C42H26N2. The highest BCUT2D eigenvalue weighted by Gasteiger charge is 2.13. The predicted molar refractivity (Wildman–Crippen MR) is 186 cm³/mol. The van der Waals surface area contributed by atoms with Crippen LogP contribution in [0.1, 0.15) is 0 Å². The molecule has 2 nitrogen and oxygen atoms in total. The molecule has 0 fully saturated rings. The van der Waals surface area contributed by atoms with Gasteiger partial charge in [0.15, 0.2) is 0 Å². The Hall–Kier alpha value is -5.86. The van der Waals surface area contributed by atoms with Crippen LogP contribution < -0.4 is 0 Å². The highest BCUT2D eigenvalue weighted by Crippen LogP contribution is 2.39. The average molecular weight is 559 g/mol. The van der Waals surface area contributed by atoms with Crippen LogP contribution >= 0.6 is 0 Å². The molecule has 0 N–H and O–H groups in total. The fourth-order valence-corrected chi connectivity index (χ4v) is 6.67. The van der Waals surface area contributed by atoms with E-state index in [4.69, 9.17) is 4.98 Å². The SMILES string of the molecule is c1ccc(-c2ccc(-c3ccc4c5ccc(-c6ccc7ccc8cccnc8c7n6)cc5c5ccccc5c4c3)cc2)cc1. The summed E-state index contributed by atoms with van der Waals surface area (Å²) in [6.45, 7) is 0. The second kappa shape index (κ2) is 9.86. The summed E-state index contributed by atoms with van der Waals surface area (Å²) in [4.78, 5) is 9.78. The van der Waals surface area contributed by atoms with Crippen LogP contribution in [0.3, 0.4) is 0 Å². The zero-order valence-electron chi connectivity index (χ0n) is 23.9. The van der Waals surface area contributed by atoms with E-state index in [2.05, 4.69) is 151 Å². The summed E-state index contributed by atoms with van der Waals surface area (Å²) < 4.78 is 0. The molecule has 0 saturated carbocycles. The summed E-state index contributed by atoms with van der Waals surface area (Å²) in [5.41, 5.74) is 8.84. The number of benzene rings is 7. The lowest BCUT2D eigenvalue weighted by molar-refractivity contribution is 1.37. The van der Waals surface area contributed by atoms with Crippen LogP contribution in [0.25, 0.3) is 87.6 Å². The monoisotopic (exact) mass is 558 g/mol. The number of nitrogens with zero attached hydrogens (tertiary/aromatic N) is 2. The van der Waals surface area contributed by atoms with E-state index in [1.807, 2.05) is 12.3 Å². The lowest BCUT2D eigenvalue weighted by Crippen LogP contribution is -1.90. The number of hydrogen-bond acceptors (Lipinski definition) is 2. The maximum absolute atomic E-state index is 5.13. The molecule has 2 aromatic heterocycles. The lowest BCUT2D eigenvalue weighted by Gasteiger charge is -2.14. The summed E-state index contributed by atoms with van der Waals surface area (Å²) in [5, 5.41) is 9.74. The molecule has 44 heavy (non-hydrogen) atoms. The fourth-order valence-electron chi connectivity index (χ4n) is 6.67. The van der Waals surface area contributed by atoms with Gasteiger partial charge in [0.2, 0.25) is 0 Å². The Labute approximate surface area is 254 Å². The Morgan fingerprint density at radius 1 is 0.318 bits per heavy atom. The molecule has 0 aliphatic heterocycles. The third-order valence-corrected chi connectivity index (χ3v) is 8.89. The maximum atomic E-state index is 5.13. The zero-order chi connectivity index (χ0) is 29.0. The molecule has 0 aliphatic rings. The number of aromatic nitrogens is 2. The van der Waals surface area contributed by atoms with Gasteiger partial charge in [-0.2, -0.15) is 0 Å². The van der Waals surface area contributed by atoms with Gasteiger partial charge in [-0.3, -0.25) is 4.98 Å². The topological polar surface area (TPSA) is 25.8 Å². The maximum Gasteiger partial charge on any atom is 0.0972 e. The van der Waals surface area contributed by atoms with Gasteiger partial charge in [0.25, 0.3) is 0 Å². The van der Waals surface area contributed by atoms with Crippen LogP contribution in [-0.2, 0) is 0 Å². The minimum absolute atomic E-state index is 0.938. The summed E-state index contributed by atoms with van der Waals surface area (Å²) >= 11 is 0. The largest absolute Gasteiger partial charge is 0.254 e. The third kappa shape index (κ3) is 3.96. The second-order valence-corrected chi connectivity index (χ2v) is 11.4. The molecule has 0 radical (unpaired) electrons. The molecule has 2 heterocycles. The Morgan fingerprint density at radius 3 is 1.57 bits per heavy atom. The van der Waals surface area contributed by atoms with Gasteiger partial charge in [0, 0.05) is 22.5 Å². The quantitative estimate of drug-likeness (QED) is 0.202. The van der Waals surface area contributed by atoms with Gasteiger partial charge in [-0.1, -0.05) is 127 Å². The minimum Gasteiger partial charge on any atom is -0.254 e. The van der Waals surface area contributed by atoms with E-state index in [0.717, 1.165) is 33.1 Å².